The van der Waals surface area contributed by atoms with Gasteiger partial charge in [-0.05, 0) is 33.1 Å². The fraction of sp³-hybridized carbons (Fsp3) is 0.538. The van der Waals surface area contributed by atoms with Crippen molar-refractivity contribution in [1.29, 1.82) is 0 Å². The Hall–Kier alpha value is -0.860. The summed E-state index contributed by atoms with van der Waals surface area (Å²) < 4.78 is 0. The Bertz CT molecular complexity index is 296. The van der Waals surface area contributed by atoms with Gasteiger partial charge in [0.15, 0.2) is 0 Å². The fourth-order valence-electron chi connectivity index (χ4n) is 1.82. The van der Waals surface area contributed by atoms with Crippen LogP contribution < -0.4 is 5.32 Å². The lowest BCUT2D eigenvalue weighted by Gasteiger charge is -2.27. The second kappa shape index (κ2) is 5.89. The normalized spacial score (nSPS) is 13.1. The van der Waals surface area contributed by atoms with Crippen LogP contribution in [0.3, 0.4) is 0 Å². The van der Waals surface area contributed by atoms with Gasteiger partial charge in [-0.25, -0.2) is 0 Å². The largest absolute Gasteiger partial charge is 0.318 e. The van der Waals surface area contributed by atoms with Crippen molar-refractivity contribution in [3.05, 3.63) is 35.4 Å². The second-order valence-electron chi connectivity index (χ2n) is 4.06. The monoisotopic (exact) mass is 206 g/mol. The Kier molecular flexibility index (Phi) is 4.79. The number of nitrogens with one attached hydrogen (secondary N) is 1. The molecule has 1 aromatic rings. The van der Waals surface area contributed by atoms with Gasteiger partial charge in [-0.15, -0.1) is 0 Å². The summed E-state index contributed by atoms with van der Waals surface area (Å²) in [5.74, 6) is 0. The van der Waals surface area contributed by atoms with Crippen molar-refractivity contribution < 1.29 is 0 Å². The molecule has 15 heavy (non-hydrogen) atoms. The van der Waals surface area contributed by atoms with Crippen molar-refractivity contribution >= 4 is 0 Å². The van der Waals surface area contributed by atoms with Crippen LogP contribution in [0.4, 0.5) is 0 Å². The van der Waals surface area contributed by atoms with Crippen molar-refractivity contribution in [2.45, 2.75) is 19.9 Å². The number of hydrogen-bond donors (Lipinski definition) is 1. The van der Waals surface area contributed by atoms with Crippen molar-refractivity contribution in [3.63, 3.8) is 0 Å². The number of nitrogens with zero attached hydrogens (tertiary/aromatic N) is 1. The molecule has 1 unspecified atom stereocenters. The standard InChI is InChI=1S/C13H22N2/c1-5-15(4)13(10-14-3)12-8-6-7-11(2)9-12/h6-9,13-14H,5,10H2,1-4H3. The van der Waals surface area contributed by atoms with Crippen LogP contribution in [0, 0.1) is 6.92 Å². The van der Waals surface area contributed by atoms with E-state index in [1.807, 2.05) is 7.05 Å². The van der Waals surface area contributed by atoms with Gasteiger partial charge in [0.2, 0.25) is 0 Å². The molecule has 2 heteroatoms. The zero-order valence-electron chi connectivity index (χ0n) is 10.2. The van der Waals surface area contributed by atoms with Crippen LogP contribution in [0.1, 0.15) is 24.1 Å². The summed E-state index contributed by atoms with van der Waals surface area (Å²) in [6.07, 6.45) is 0. The van der Waals surface area contributed by atoms with E-state index in [0.717, 1.165) is 13.1 Å². The SMILES string of the molecule is CCN(C)C(CNC)c1cccc(C)c1. The molecule has 2 nitrogen and oxygen atoms in total. The Morgan fingerprint density at radius 2 is 2.13 bits per heavy atom. The van der Waals surface area contributed by atoms with Gasteiger partial charge in [-0.2, -0.15) is 0 Å². The molecule has 1 rings (SSSR count). The van der Waals surface area contributed by atoms with Crippen LogP contribution in [0.2, 0.25) is 0 Å². The van der Waals surface area contributed by atoms with E-state index in [-0.39, 0.29) is 0 Å². The summed E-state index contributed by atoms with van der Waals surface area (Å²) in [7, 11) is 4.18. The molecule has 0 fully saturated rings. The second-order valence-corrected chi connectivity index (χ2v) is 4.06. The summed E-state index contributed by atoms with van der Waals surface area (Å²) in [4.78, 5) is 2.37. The third-order valence-electron chi connectivity index (χ3n) is 2.86. The zero-order chi connectivity index (χ0) is 11.3. The lowest BCUT2D eigenvalue weighted by atomic mass is 10.0. The average molecular weight is 206 g/mol. The predicted octanol–water partition coefficient (Wildman–Crippen LogP) is 2.21. The Labute approximate surface area is 93.3 Å². The lowest BCUT2D eigenvalue weighted by Crippen LogP contribution is -2.31. The van der Waals surface area contributed by atoms with E-state index < -0.39 is 0 Å². The number of likely N-dealkylation sites (N-methyl/N-ethyl adjacent to an activating group) is 2. The molecule has 0 saturated heterocycles. The Morgan fingerprint density at radius 1 is 1.40 bits per heavy atom. The summed E-state index contributed by atoms with van der Waals surface area (Å²) in [6, 6.07) is 9.23. The first-order chi connectivity index (χ1) is 7.19. The van der Waals surface area contributed by atoms with Gasteiger partial charge in [0.1, 0.15) is 0 Å². The maximum atomic E-state index is 3.26. The van der Waals surface area contributed by atoms with E-state index in [1.165, 1.54) is 11.1 Å². The molecule has 0 spiro atoms. The van der Waals surface area contributed by atoms with E-state index in [9.17, 15) is 0 Å². The van der Waals surface area contributed by atoms with Crippen LogP contribution in [-0.2, 0) is 0 Å². The quantitative estimate of drug-likeness (QED) is 0.794. The summed E-state index contributed by atoms with van der Waals surface area (Å²) >= 11 is 0. The van der Waals surface area contributed by atoms with Crippen molar-refractivity contribution in [2.75, 3.05) is 27.2 Å². The third-order valence-corrected chi connectivity index (χ3v) is 2.86. The molecule has 0 heterocycles. The first-order valence-electron chi connectivity index (χ1n) is 5.60. The molecule has 1 N–H and O–H groups in total. The van der Waals surface area contributed by atoms with Crippen molar-refractivity contribution in [3.8, 4) is 0 Å². The average Bonchev–Trinajstić information content (AvgIpc) is 2.25. The first kappa shape index (κ1) is 12.2. The molecule has 0 bridgehead atoms. The Balaban J connectivity index is 2.88. The molecule has 0 aliphatic rings. The van der Waals surface area contributed by atoms with Gasteiger partial charge in [0, 0.05) is 12.6 Å². The zero-order valence-corrected chi connectivity index (χ0v) is 10.2. The minimum Gasteiger partial charge on any atom is -0.318 e. The van der Waals surface area contributed by atoms with E-state index in [2.05, 4.69) is 55.4 Å². The fourth-order valence-corrected chi connectivity index (χ4v) is 1.82. The molecule has 0 aliphatic heterocycles. The van der Waals surface area contributed by atoms with Gasteiger partial charge in [-0.1, -0.05) is 36.8 Å². The third kappa shape index (κ3) is 3.33. The summed E-state index contributed by atoms with van der Waals surface area (Å²) in [5.41, 5.74) is 2.73. The molecular weight excluding hydrogens is 184 g/mol. The molecule has 0 aliphatic carbocycles. The van der Waals surface area contributed by atoms with Crippen LogP contribution in [0.25, 0.3) is 0 Å². The van der Waals surface area contributed by atoms with Gasteiger partial charge in [0.25, 0.3) is 0 Å². The maximum Gasteiger partial charge on any atom is 0.0469 e. The highest BCUT2D eigenvalue weighted by Gasteiger charge is 2.14. The number of aryl methyl sites for hydroxylation is 1. The minimum absolute atomic E-state index is 0.472. The highest BCUT2D eigenvalue weighted by Crippen LogP contribution is 2.19. The van der Waals surface area contributed by atoms with E-state index in [0.29, 0.717) is 6.04 Å². The minimum atomic E-state index is 0.472. The number of rotatable bonds is 5. The molecule has 84 valence electrons. The van der Waals surface area contributed by atoms with Crippen LogP contribution in [0.15, 0.2) is 24.3 Å². The van der Waals surface area contributed by atoms with Crippen LogP contribution in [0.5, 0.6) is 0 Å². The molecule has 0 radical (unpaired) electrons. The number of benzene rings is 1. The van der Waals surface area contributed by atoms with Crippen molar-refractivity contribution in [1.82, 2.24) is 10.2 Å². The van der Waals surface area contributed by atoms with Crippen LogP contribution in [-0.4, -0.2) is 32.1 Å². The molecule has 0 aromatic heterocycles. The topological polar surface area (TPSA) is 15.3 Å². The molecule has 0 saturated carbocycles. The van der Waals surface area contributed by atoms with E-state index in [1.54, 1.807) is 0 Å². The number of hydrogen-bond acceptors (Lipinski definition) is 2. The maximum absolute atomic E-state index is 3.26. The first-order valence-corrected chi connectivity index (χ1v) is 5.60. The van der Waals surface area contributed by atoms with E-state index in [4.69, 9.17) is 0 Å². The molecule has 1 atom stereocenters. The van der Waals surface area contributed by atoms with E-state index >= 15 is 0 Å². The highest BCUT2D eigenvalue weighted by atomic mass is 15.1. The molecular formula is C13H22N2. The van der Waals surface area contributed by atoms with Gasteiger partial charge >= 0.3 is 0 Å². The smallest absolute Gasteiger partial charge is 0.0469 e. The van der Waals surface area contributed by atoms with Gasteiger partial charge in [0.05, 0.1) is 0 Å². The van der Waals surface area contributed by atoms with Crippen molar-refractivity contribution in [2.24, 2.45) is 0 Å². The Morgan fingerprint density at radius 3 is 2.67 bits per heavy atom. The highest BCUT2D eigenvalue weighted by molar-refractivity contribution is 5.25. The summed E-state index contributed by atoms with van der Waals surface area (Å²) in [6.45, 7) is 6.40. The molecule has 0 amide bonds. The van der Waals surface area contributed by atoms with Crippen LogP contribution >= 0.6 is 0 Å². The molecule has 1 aromatic carbocycles. The summed E-state index contributed by atoms with van der Waals surface area (Å²) in [5, 5.41) is 3.26. The van der Waals surface area contributed by atoms with Gasteiger partial charge in [-0.3, -0.25) is 4.90 Å². The van der Waals surface area contributed by atoms with Gasteiger partial charge < -0.3 is 5.32 Å². The lowest BCUT2D eigenvalue weighted by molar-refractivity contribution is 0.254. The predicted molar refractivity (Wildman–Crippen MR) is 66.2 cm³/mol.